The van der Waals surface area contributed by atoms with Gasteiger partial charge in [-0.05, 0) is 85.8 Å². The highest BCUT2D eigenvalue weighted by atomic mass is 35.5. The van der Waals surface area contributed by atoms with Crippen LogP contribution >= 0.6 is 22.9 Å². The molecule has 2 N–H and O–H groups in total. The average Bonchev–Trinajstić information content (AvgIpc) is 3.46. The lowest BCUT2D eigenvalue weighted by molar-refractivity contribution is -0.136. The van der Waals surface area contributed by atoms with Gasteiger partial charge in [-0.15, -0.1) is 11.3 Å². The van der Waals surface area contributed by atoms with Gasteiger partial charge in [0.25, 0.3) is 0 Å². The Morgan fingerprint density at radius 1 is 1.00 bits per heavy atom. The zero-order valence-electron chi connectivity index (χ0n) is 19.7. The molecule has 0 atom stereocenters. The molecule has 0 bridgehead atoms. The van der Waals surface area contributed by atoms with Crippen LogP contribution in [-0.4, -0.2) is 36.6 Å². The van der Waals surface area contributed by atoms with Crippen LogP contribution in [0.2, 0.25) is 5.02 Å². The molecular formula is C26H22ClN3O6S. The third kappa shape index (κ3) is 6.41. The molecule has 0 fully saturated rings. The SMILES string of the molecule is CCOC(=O)c1c(NC(=O)C(=O)N/N=C/c2ccc(OC(=O)c3ccc(Cl)cc3)cc2)sc2c1CCC2. The maximum Gasteiger partial charge on any atom is 0.343 e. The molecule has 1 aliphatic rings. The normalized spacial score (nSPS) is 12.2. The van der Waals surface area contributed by atoms with Crippen LogP contribution in [0.1, 0.15) is 50.1 Å². The topological polar surface area (TPSA) is 123 Å². The molecule has 9 nitrogen and oxygen atoms in total. The number of nitrogens with zero attached hydrogens (tertiary/aromatic N) is 1. The number of amides is 2. The highest BCUT2D eigenvalue weighted by molar-refractivity contribution is 7.17. The number of aryl methyl sites for hydroxylation is 1. The Morgan fingerprint density at radius 3 is 2.43 bits per heavy atom. The lowest BCUT2D eigenvalue weighted by Gasteiger charge is -2.07. The fourth-order valence-corrected chi connectivity index (χ4v) is 5.06. The summed E-state index contributed by atoms with van der Waals surface area (Å²) < 4.78 is 10.4. The summed E-state index contributed by atoms with van der Waals surface area (Å²) in [5.41, 5.74) is 4.30. The molecular weight excluding hydrogens is 518 g/mol. The molecule has 1 aliphatic carbocycles. The smallest absolute Gasteiger partial charge is 0.343 e. The molecule has 0 unspecified atom stereocenters. The van der Waals surface area contributed by atoms with Crippen LogP contribution in [0.3, 0.4) is 0 Å². The first-order valence-electron chi connectivity index (χ1n) is 11.4. The monoisotopic (exact) mass is 539 g/mol. The van der Waals surface area contributed by atoms with E-state index in [4.69, 9.17) is 21.1 Å². The second-order valence-corrected chi connectivity index (χ2v) is 9.44. The van der Waals surface area contributed by atoms with Crippen molar-refractivity contribution >= 4 is 57.9 Å². The van der Waals surface area contributed by atoms with Gasteiger partial charge in [0.2, 0.25) is 0 Å². The highest BCUT2D eigenvalue weighted by Crippen LogP contribution is 2.39. The predicted molar refractivity (Wildman–Crippen MR) is 140 cm³/mol. The number of fused-ring (bicyclic) bond motifs is 1. The van der Waals surface area contributed by atoms with Gasteiger partial charge in [0.15, 0.2) is 0 Å². The molecule has 2 aromatic carbocycles. The molecule has 2 amide bonds. The minimum absolute atomic E-state index is 0.206. The van der Waals surface area contributed by atoms with Gasteiger partial charge in [0, 0.05) is 9.90 Å². The molecule has 4 rings (SSSR count). The predicted octanol–water partition coefficient (Wildman–Crippen LogP) is 4.37. The van der Waals surface area contributed by atoms with Gasteiger partial charge in [-0.25, -0.2) is 15.0 Å². The van der Waals surface area contributed by atoms with E-state index in [0.717, 1.165) is 29.7 Å². The van der Waals surface area contributed by atoms with E-state index in [9.17, 15) is 19.2 Å². The van der Waals surface area contributed by atoms with E-state index in [-0.39, 0.29) is 6.61 Å². The summed E-state index contributed by atoms with van der Waals surface area (Å²) in [4.78, 5) is 50.2. The molecule has 1 heterocycles. The van der Waals surface area contributed by atoms with Gasteiger partial charge < -0.3 is 14.8 Å². The fraction of sp³-hybridized carbons (Fsp3) is 0.192. The number of carbonyl (C=O) groups is 4. The van der Waals surface area contributed by atoms with Crippen LogP contribution in [0.25, 0.3) is 0 Å². The van der Waals surface area contributed by atoms with E-state index in [1.807, 2.05) is 0 Å². The van der Waals surface area contributed by atoms with Crippen molar-refractivity contribution in [3.63, 3.8) is 0 Å². The van der Waals surface area contributed by atoms with Crippen LogP contribution in [0.4, 0.5) is 5.00 Å². The third-order valence-corrected chi connectivity index (χ3v) is 6.84. The Bertz CT molecular complexity index is 1370. The third-order valence-electron chi connectivity index (χ3n) is 5.38. The standard InChI is InChI=1S/C26H22ClN3O6S/c1-2-35-26(34)21-19-4-3-5-20(19)37-24(21)29-22(31)23(32)30-28-14-15-6-12-18(13-7-15)36-25(33)16-8-10-17(27)11-9-16/h6-14H,2-5H2,1H3,(H,29,31)(H,30,32)/b28-14+. The van der Waals surface area contributed by atoms with Crippen molar-refractivity contribution in [3.8, 4) is 5.75 Å². The van der Waals surface area contributed by atoms with Crippen LogP contribution in [0, 0.1) is 0 Å². The summed E-state index contributed by atoms with van der Waals surface area (Å²) in [5.74, 6) is -2.67. The molecule has 0 spiro atoms. The molecule has 190 valence electrons. The van der Waals surface area contributed by atoms with Crippen molar-refractivity contribution in [3.05, 3.63) is 80.7 Å². The molecule has 0 saturated carbocycles. The molecule has 0 radical (unpaired) electrons. The summed E-state index contributed by atoms with van der Waals surface area (Å²) in [6.07, 6.45) is 3.81. The van der Waals surface area contributed by atoms with Crippen LogP contribution in [0.15, 0.2) is 53.6 Å². The number of anilines is 1. The Labute approximate surface area is 221 Å². The van der Waals surface area contributed by atoms with Crippen molar-refractivity contribution in [2.75, 3.05) is 11.9 Å². The number of benzene rings is 2. The summed E-state index contributed by atoms with van der Waals surface area (Å²) in [5, 5.41) is 7.12. The van der Waals surface area contributed by atoms with Crippen molar-refractivity contribution < 1.29 is 28.7 Å². The maximum absolute atomic E-state index is 12.4. The zero-order valence-corrected chi connectivity index (χ0v) is 21.3. The number of hydrogen-bond donors (Lipinski definition) is 2. The summed E-state index contributed by atoms with van der Waals surface area (Å²) >= 11 is 7.10. The lowest BCUT2D eigenvalue weighted by Crippen LogP contribution is -2.32. The van der Waals surface area contributed by atoms with Gasteiger partial charge in [0.1, 0.15) is 10.8 Å². The fourth-order valence-electron chi connectivity index (χ4n) is 3.66. The summed E-state index contributed by atoms with van der Waals surface area (Å²) in [6.45, 7) is 1.91. The number of carbonyl (C=O) groups excluding carboxylic acids is 4. The number of ether oxygens (including phenoxy) is 2. The Balaban J connectivity index is 1.32. The number of esters is 2. The Kier molecular flexibility index (Phi) is 8.32. The first-order valence-corrected chi connectivity index (χ1v) is 12.6. The molecule has 0 saturated heterocycles. The summed E-state index contributed by atoms with van der Waals surface area (Å²) in [7, 11) is 0. The van der Waals surface area contributed by atoms with E-state index in [1.54, 1.807) is 55.5 Å². The first kappa shape index (κ1) is 26.1. The maximum atomic E-state index is 12.4. The van der Waals surface area contributed by atoms with E-state index < -0.39 is 23.8 Å². The van der Waals surface area contributed by atoms with Crippen LogP contribution < -0.4 is 15.5 Å². The largest absolute Gasteiger partial charge is 0.462 e. The van der Waals surface area contributed by atoms with Gasteiger partial charge in [-0.2, -0.15) is 5.10 Å². The number of halogens is 1. The van der Waals surface area contributed by atoms with Gasteiger partial charge in [-0.3, -0.25) is 9.59 Å². The van der Waals surface area contributed by atoms with E-state index in [2.05, 4.69) is 15.8 Å². The second kappa shape index (κ2) is 11.8. The van der Waals surface area contributed by atoms with Gasteiger partial charge in [0.05, 0.1) is 23.9 Å². The molecule has 0 aliphatic heterocycles. The van der Waals surface area contributed by atoms with Crippen molar-refractivity contribution in [2.45, 2.75) is 26.2 Å². The van der Waals surface area contributed by atoms with Crippen molar-refractivity contribution in [1.82, 2.24) is 5.43 Å². The number of thiophene rings is 1. The number of hydrogen-bond acceptors (Lipinski definition) is 8. The van der Waals surface area contributed by atoms with Crippen molar-refractivity contribution in [1.29, 1.82) is 0 Å². The minimum Gasteiger partial charge on any atom is -0.462 e. The van der Waals surface area contributed by atoms with E-state index in [0.29, 0.717) is 32.5 Å². The van der Waals surface area contributed by atoms with Gasteiger partial charge >= 0.3 is 23.8 Å². The number of nitrogens with one attached hydrogen (secondary N) is 2. The van der Waals surface area contributed by atoms with Crippen LogP contribution in [-0.2, 0) is 27.2 Å². The average molecular weight is 540 g/mol. The summed E-state index contributed by atoms with van der Waals surface area (Å²) in [6, 6.07) is 12.7. The quantitative estimate of drug-likeness (QED) is 0.151. The number of hydrazone groups is 1. The van der Waals surface area contributed by atoms with E-state index >= 15 is 0 Å². The second-order valence-electron chi connectivity index (χ2n) is 7.90. The molecule has 11 heteroatoms. The lowest BCUT2D eigenvalue weighted by atomic mass is 10.1. The first-order chi connectivity index (χ1) is 17.9. The molecule has 37 heavy (non-hydrogen) atoms. The highest BCUT2D eigenvalue weighted by Gasteiger charge is 2.29. The Hall–Kier alpha value is -4.02. The van der Waals surface area contributed by atoms with Crippen LogP contribution in [0.5, 0.6) is 5.75 Å². The van der Waals surface area contributed by atoms with Crippen molar-refractivity contribution in [2.24, 2.45) is 5.10 Å². The zero-order chi connectivity index (χ0) is 26.4. The van der Waals surface area contributed by atoms with Gasteiger partial charge in [-0.1, -0.05) is 11.6 Å². The minimum atomic E-state index is -0.992. The molecule has 3 aromatic rings. The molecule has 1 aromatic heterocycles. The number of rotatable bonds is 7. The van der Waals surface area contributed by atoms with E-state index in [1.165, 1.54) is 17.6 Å². The Morgan fingerprint density at radius 2 is 1.73 bits per heavy atom.